The molecule has 0 radical (unpaired) electrons. The summed E-state index contributed by atoms with van der Waals surface area (Å²) >= 11 is 0. The molecular weight excluding hydrogens is 308 g/mol. The summed E-state index contributed by atoms with van der Waals surface area (Å²) in [7, 11) is 0. The Labute approximate surface area is 142 Å². The van der Waals surface area contributed by atoms with Gasteiger partial charge in [0.05, 0.1) is 6.10 Å². The van der Waals surface area contributed by atoms with E-state index in [1.54, 1.807) is 6.08 Å². The van der Waals surface area contributed by atoms with Crippen LogP contribution in [0.4, 0.5) is 0 Å². The van der Waals surface area contributed by atoms with Crippen molar-refractivity contribution in [1.82, 2.24) is 0 Å². The number of aryl methyl sites for hydroxylation is 1. The molecule has 1 fully saturated rings. The summed E-state index contributed by atoms with van der Waals surface area (Å²) in [5.74, 6) is -0.441. The number of ether oxygens (including phenoxy) is 1. The average Bonchev–Trinajstić information content (AvgIpc) is 2.76. The third-order valence-electron chi connectivity index (χ3n) is 4.21. The normalized spacial score (nSPS) is 25.2. The highest BCUT2D eigenvalue weighted by molar-refractivity contribution is 5.89. The fourth-order valence-corrected chi connectivity index (χ4v) is 3.00. The molecule has 24 heavy (non-hydrogen) atoms. The van der Waals surface area contributed by atoms with Crippen molar-refractivity contribution in [2.75, 3.05) is 6.61 Å². The molecule has 0 saturated heterocycles. The van der Waals surface area contributed by atoms with Gasteiger partial charge in [-0.05, 0) is 31.5 Å². The van der Waals surface area contributed by atoms with Crippen molar-refractivity contribution in [3.63, 3.8) is 0 Å². The molecule has 4 atom stereocenters. The van der Waals surface area contributed by atoms with Crippen LogP contribution >= 0.6 is 0 Å². The number of carbonyl (C=O) groups is 2. The first-order valence-corrected chi connectivity index (χ1v) is 8.13. The lowest BCUT2D eigenvalue weighted by Crippen LogP contribution is -2.22. The molecule has 130 valence electrons. The van der Waals surface area contributed by atoms with Crippen LogP contribution < -0.4 is 4.74 Å². The Kier molecular flexibility index (Phi) is 6.29. The van der Waals surface area contributed by atoms with Gasteiger partial charge in [0.1, 0.15) is 30.0 Å². The van der Waals surface area contributed by atoms with E-state index in [0.717, 1.165) is 5.56 Å². The van der Waals surface area contributed by atoms with Crippen molar-refractivity contribution in [3.8, 4) is 5.75 Å². The van der Waals surface area contributed by atoms with Gasteiger partial charge in [0.2, 0.25) is 0 Å². The van der Waals surface area contributed by atoms with Crippen molar-refractivity contribution in [1.29, 1.82) is 0 Å². The summed E-state index contributed by atoms with van der Waals surface area (Å²) in [6.45, 7) is 3.47. The molecular formula is C19H24O5. The highest BCUT2D eigenvalue weighted by Gasteiger charge is 2.40. The maximum Gasteiger partial charge on any atom is 0.139 e. The molecule has 1 aliphatic carbocycles. The van der Waals surface area contributed by atoms with Gasteiger partial charge in [-0.25, -0.2) is 0 Å². The highest BCUT2D eigenvalue weighted by Crippen LogP contribution is 2.33. The fourth-order valence-electron chi connectivity index (χ4n) is 3.00. The SMILES string of the molecule is CC(=O)C[C@H]1C(=O)C[C@@H](O)[C@@H]1/C=C/[C@@H](O)COc1cccc(C)c1. The average molecular weight is 332 g/mol. The van der Waals surface area contributed by atoms with E-state index in [4.69, 9.17) is 4.74 Å². The maximum absolute atomic E-state index is 11.9. The second kappa shape index (κ2) is 8.22. The fraction of sp³-hybridized carbons (Fsp3) is 0.474. The summed E-state index contributed by atoms with van der Waals surface area (Å²) < 4.78 is 5.52. The van der Waals surface area contributed by atoms with Crippen molar-refractivity contribution in [3.05, 3.63) is 42.0 Å². The molecule has 0 spiro atoms. The van der Waals surface area contributed by atoms with Gasteiger partial charge in [0, 0.05) is 24.7 Å². The van der Waals surface area contributed by atoms with E-state index in [1.807, 2.05) is 31.2 Å². The quantitative estimate of drug-likeness (QED) is 0.744. The number of aliphatic hydroxyl groups is 2. The molecule has 0 amide bonds. The van der Waals surface area contributed by atoms with Crippen molar-refractivity contribution >= 4 is 11.6 Å². The van der Waals surface area contributed by atoms with Crippen LogP contribution in [0.3, 0.4) is 0 Å². The van der Waals surface area contributed by atoms with E-state index in [1.165, 1.54) is 13.0 Å². The topological polar surface area (TPSA) is 83.8 Å². The summed E-state index contributed by atoms with van der Waals surface area (Å²) in [4.78, 5) is 23.2. The van der Waals surface area contributed by atoms with Gasteiger partial charge in [-0.3, -0.25) is 4.79 Å². The van der Waals surface area contributed by atoms with E-state index in [9.17, 15) is 19.8 Å². The van der Waals surface area contributed by atoms with E-state index in [2.05, 4.69) is 0 Å². The molecule has 2 N–H and O–H groups in total. The standard InChI is InChI=1S/C19H24O5/c1-12-4-3-5-15(8-12)24-11-14(21)6-7-16-17(9-13(2)20)19(23)10-18(16)22/h3-8,14,16-18,21-22H,9-11H2,1-2H3/b7-6+/t14-,16-,17-,18-/m1/s1. The molecule has 1 aliphatic rings. The number of aliphatic hydroxyl groups excluding tert-OH is 2. The predicted octanol–water partition coefficient (Wildman–Crippen LogP) is 1.84. The second-order valence-corrected chi connectivity index (χ2v) is 6.41. The molecule has 1 aromatic carbocycles. The van der Waals surface area contributed by atoms with Crippen LogP contribution in [0.15, 0.2) is 36.4 Å². The first-order chi connectivity index (χ1) is 11.4. The number of ketones is 2. The minimum atomic E-state index is -0.855. The Morgan fingerprint density at radius 1 is 1.46 bits per heavy atom. The lowest BCUT2D eigenvalue weighted by Gasteiger charge is -2.17. The number of rotatable bonds is 7. The van der Waals surface area contributed by atoms with Gasteiger partial charge >= 0.3 is 0 Å². The molecule has 2 rings (SSSR count). The number of hydrogen-bond acceptors (Lipinski definition) is 5. The third-order valence-corrected chi connectivity index (χ3v) is 4.21. The van der Waals surface area contributed by atoms with Crippen LogP contribution in [0, 0.1) is 18.8 Å². The Hall–Kier alpha value is -1.98. The maximum atomic E-state index is 11.9. The van der Waals surface area contributed by atoms with Crippen LogP contribution in [0.5, 0.6) is 5.75 Å². The van der Waals surface area contributed by atoms with E-state index < -0.39 is 24.0 Å². The molecule has 5 nitrogen and oxygen atoms in total. The third kappa shape index (κ3) is 5.01. The Balaban J connectivity index is 1.92. The minimum Gasteiger partial charge on any atom is -0.491 e. The lowest BCUT2D eigenvalue weighted by molar-refractivity contribution is -0.125. The molecule has 5 heteroatoms. The second-order valence-electron chi connectivity index (χ2n) is 6.41. The van der Waals surface area contributed by atoms with Crippen LogP contribution in [-0.2, 0) is 9.59 Å². The number of benzene rings is 1. The van der Waals surface area contributed by atoms with Gasteiger partial charge in [0.15, 0.2) is 0 Å². The molecule has 1 aromatic rings. The van der Waals surface area contributed by atoms with E-state index >= 15 is 0 Å². The number of Topliss-reactive ketones (excluding diaryl/α,β-unsaturated/α-hetero) is 2. The Bertz CT molecular complexity index is 622. The van der Waals surface area contributed by atoms with E-state index in [0.29, 0.717) is 5.75 Å². The molecule has 1 saturated carbocycles. The zero-order chi connectivity index (χ0) is 17.7. The van der Waals surface area contributed by atoms with Crippen molar-refractivity contribution < 1.29 is 24.5 Å². The first kappa shape index (κ1) is 18.4. The van der Waals surface area contributed by atoms with Gasteiger partial charge < -0.3 is 19.7 Å². The summed E-state index contributed by atoms with van der Waals surface area (Å²) in [5.41, 5.74) is 1.07. The van der Waals surface area contributed by atoms with Crippen LogP contribution in [-0.4, -0.2) is 40.6 Å². The van der Waals surface area contributed by atoms with Gasteiger partial charge in [0.25, 0.3) is 0 Å². The summed E-state index contributed by atoms with van der Waals surface area (Å²) in [6, 6.07) is 7.51. The van der Waals surface area contributed by atoms with Crippen LogP contribution in [0.2, 0.25) is 0 Å². The smallest absolute Gasteiger partial charge is 0.139 e. The number of hydrogen-bond donors (Lipinski definition) is 2. The Morgan fingerprint density at radius 2 is 2.21 bits per heavy atom. The van der Waals surface area contributed by atoms with Crippen LogP contribution in [0.25, 0.3) is 0 Å². The van der Waals surface area contributed by atoms with Crippen molar-refractivity contribution in [2.45, 2.75) is 38.9 Å². The molecule has 0 unspecified atom stereocenters. The Morgan fingerprint density at radius 3 is 2.88 bits per heavy atom. The molecule has 0 heterocycles. The molecule has 0 aromatic heterocycles. The first-order valence-electron chi connectivity index (χ1n) is 8.13. The van der Waals surface area contributed by atoms with Crippen molar-refractivity contribution in [2.24, 2.45) is 11.8 Å². The van der Waals surface area contributed by atoms with Gasteiger partial charge in [-0.1, -0.05) is 24.3 Å². The molecule has 0 aliphatic heterocycles. The largest absolute Gasteiger partial charge is 0.491 e. The lowest BCUT2D eigenvalue weighted by atomic mass is 9.89. The number of carbonyl (C=O) groups excluding carboxylic acids is 2. The monoisotopic (exact) mass is 332 g/mol. The zero-order valence-electron chi connectivity index (χ0n) is 14.0. The van der Waals surface area contributed by atoms with Gasteiger partial charge in [-0.15, -0.1) is 0 Å². The summed E-state index contributed by atoms with van der Waals surface area (Å²) in [6.07, 6.45) is 1.68. The molecule has 0 bridgehead atoms. The highest BCUT2D eigenvalue weighted by atomic mass is 16.5. The predicted molar refractivity (Wildman–Crippen MR) is 89.7 cm³/mol. The zero-order valence-corrected chi connectivity index (χ0v) is 14.0. The minimum absolute atomic E-state index is 0.0584. The van der Waals surface area contributed by atoms with Crippen LogP contribution in [0.1, 0.15) is 25.3 Å². The van der Waals surface area contributed by atoms with Gasteiger partial charge in [-0.2, -0.15) is 0 Å². The summed E-state index contributed by atoms with van der Waals surface area (Å²) in [5, 5.41) is 20.0. The van der Waals surface area contributed by atoms with E-state index in [-0.39, 0.29) is 31.0 Å².